The van der Waals surface area contributed by atoms with Crippen molar-refractivity contribution >= 4 is 5.91 Å². The fourth-order valence-electron chi connectivity index (χ4n) is 1.60. The summed E-state index contributed by atoms with van der Waals surface area (Å²) in [6.07, 6.45) is 0.864. The average molecular weight is 279 g/mol. The van der Waals surface area contributed by atoms with Crippen LogP contribution in [0.2, 0.25) is 0 Å². The Bertz CT molecular complexity index is 422. The van der Waals surface area contributed by atoms with Gasteiger partial charge in [0.25, 0.3) is 5.91 Å². The molecule has 1 amide bonds. The van der Waals surface area contributed by atoms with Crippen LogP contribution in [0.1, 0.15) is 50.0 Å². The molecule has 20 heavy (non-hydrogen) atoms. The molecule has 1 unspecified atom stereocenters. The predicted molar refractivity (Wildman–Crippen MR) is 79.6 cm³/mol. The van der Waals surface area contributed by atoms with E-state index in [2.05, 4.69) is 5.32 Å². The summed E-state index contributed by atoms with van der Waals surface area (Å²) in [6, 6.07) is 7.34. The minimum Gasteiger partial charge on any atom is -0.394 e. The molecular formula is C16H25NO3. The van der Waals surface area contributed by atoms with Crippen molar-refractivity contribution < 1.29 is 14.6 Å². The third-order valence-electron chi connectivity index (χ3n) is 3.34. The van der Waals surface area contributed by atoms with Crippen LogP contribution in [-0.2, 0) is 11.3 Å². The van der Waals surface area contributed by atoms with E-state index < -0.39 is 5.54 Å². The lowest BCUT2D eigenvalue weighted by molar-refractivity contribution is 0.0656. The van der Waals surface area contributed by atoms with Gasteiger partial charge in [0.15, 0.2) is 0 Å². The van der Waals surface area contributed by atoms with Crippen LogP contribution in [0.15, 0.2) is 24.3 Å². The van der Waals surface area contributed by atoms with Gasteiger partial charge in [-0.2, -0.15) is 0 Å². The van der Waals surface area contributed by atoms with E-state index >= 15 is 0 Å². The van der Waals surface area contributed by atoms with Gasteiger partial charge in [-0.15, -0.1) is 0 Å². The molecule has 4 heteroatoms. The number of hydrogen-bond acceptors (Lipinski definition) is 3. The molecule has 0 fully saturated rings. The van der Waals surface area contributed by atoms with E-state index in [-0.39, 0.29) is 18.6 Å². The van der Waals surface area contributed by atoms with Gasteiger partial charge < -0.3 is 15.2 Å². The zero-order chi connectivity index (χ0) is 15.2. The molecule has 4 nitrogen and oxygen atoms in total. The summed E-state index contributed by atoms with van der Waals surface area (Å²) in [5.74, 6) is -0.167. The molecule has 1 aromatic rings. The number of amides is 1. The van der Waals surface area contributed by atoms with Crippen molar-refractivity contribution in [1.29, 1.82) is 0 Å². The first-order chi connectivity index (χ1) is 9.40. The Kier molecular flexibility index (Phi) is 6.17. The maximum absolute atomic E-state index is 12.1. The molecule has 0 aliphatic rings. The molecule has 112 valence electrons. The lowest BCUT2D eigenvalue weighted by Gasteiger charge is -2.27. The molecule has 0 saturated heterocycles. The lowest BCUT2D eigenvalue weighted by atomic mass is 9.99. The number of rotatable bonds is 7. The third kappa shape index (κ3) is 4.94. The van der Waals surface area contributed by atoms with Gasteiger partial charge in [0.2, 0.25) is 0 Å². The standard InChI is InChI=1S/C16H25NO3/c1-5-16(4,11-18)17-15(19)14-8-6-13(7-9-14)10-20-12(2)3/h6-9,12,18H,5,10-11H2,1-4H3,(H,17,19). The maximum Gasteiger partial charge on any atom is 0.251 e. The van der Waals surface area contributed by atoms with Crippen molar-refractivity contribution in [2.75, 3.05) is 6.61 Å². The van der Waals surface area contributed by atoms with E-state index in [0.29, 0.717) is 18.6 Å². The van der Waals surface area contributed by atoms with Gasteiger partial charge in [-0.1, -0.05) is 19.1 Å². The minimum atomic E-state index is -0.573. The molecule has 0 radical (unpaired) electrons. The third-order valence-corrected chi connectivity index (χ3v) is 3.34. The minimum absolute atomic E-state index is 0.0739. The Morgan fingerprint density at radius 1 is 1.35 bits per heavy atom. The van der Waals surface area contributed by atoms with Crippen LogP contribution in [-0.4, -0.2) is 29.3 Å². The lowest BCUT2D eigenvalue weighted by Crippen LogP contribution is -2.48. The number of aliphatic hydroxyl groups excluding tert-OH is 1. The highest BCUT2D eigenvalue weighted by atomic mass is 16.5. The number of aliphatic hydroxyl groups is 1. The monoisotopic (exact) mass is 279 g/mol. The van der Waals surface area contributed by atoms with E-state index in [4.69, 9.17) is 4.74 Å². The number of ether oxygens (including phenoxy) is 1. The molecular weight excluding hydrogens is 254 g/mol. The van der Waals surface area contributed by atoms with Crippen LogP contribution in [0.25, 0.3) is 0 Å². The number of benzene rings is 1. The van der Waals surface area contributed by atoms with Crippen molar-refractivity contribution in [3.63, 3.8) is 0 Å². The Balaban J connectivity index is 2.66. The first-order valence-corrected chi connectivity index (χ1v) is 7.04. The second-order valence-corrected chi connectivity index (χ2v) is 5.58. The second kappa shape index (κ2) is 7.41. The second-order valence-electron chi connectivity index (χ2n) is 5.58. The zero-order valence-electron chi connectivity index (χ0n) is 12.8. The fourth-order valence-corrected chi connectivity index (χ4v) is 1.60. The predicted octanol–water partition coefficient (Wildman–Crippen LogP) is 2.50. The zero-order valence-corrected chi connectivity index (χ0v) is 12.8. The Morgan fingerprint density at radius 2 is 1.95 bits per heavy atom. The van der Waals surface area contributed by atoms with Crippen LogP contribution in [0.5, 0.6) is 0 Å². The van der Waals surface area contributed by atoms with Crippen molar-refractivity contribution in [2.45, 2.75) is 52.4 Å². The van der Waals surface area contributed by atoms with Crippen molar-refractivity contribution in [1.82, 2.24) is 5.32 Å². The van der Waals surface area contributed by atoms with Crippen molar-refractivity contribution in [3.05, 3.63) is 35.4 Å². The quantitative estimate of drug-likeness (QED) is 0.806. The average Bonchev–Trinajstić information content (AvgIpc) is 2.45. The Morgan fingerprint density at radius 3 is 2.40 bits per heavy atom. The summed E-state index contributed by atoms with van der Waals surface area (Å²) in [6.45, 7) is 8.21. The molecule has 0 bridgehead atoms. The molecule has 0 saturated carbocycles. The highest BCUT2D eigenvalue weighted by Crippen LogP contribution is 2.11. The van der Waals surface area contributed by atoms with Gasteiger partial charge in [0.05, 0.1) is 24.9 Å². The normalized spacial score (nSPS) is 14.1. The molecule has 2 N–H and O–H groups in total. The molecule has 1 atom stereocenters. The van der Waals surface area contributed by atoms with Gasteiger partial charge in [0.1, 0.15) is 0 Å². The van der Waals surface area contributed by atoms with E-state index in [1.54, 1.807) is 12.1 Å². The highest BCUT2D eigenvalue weighted by molar-refractivity contribution is 5.94. The number of carbonyl (C=O) groups excluding carboxylic acids is 1. The molecule has 1 aromatic carbocycles. The molecule has 0 aliphatic heterocycles. The van der Waals surface area contributed by atoms with Crippen molar-refractivity contribution in [2.24, 2.45) is 0 Å². The van der Waals surface area contributed by atoms with E-state index in [0.717, 1.165) is 5.56 Å². The van der Waals surface area contributed by atoms with E-state index in [1.807, 2.05) is 39.8 Å². The highest BCUT2D eigenvalue weighted by Gasteiger charge is 2.23. The molecule has 0 aliphatic carbocycles. The summed E-state index contributed by atoms with van der Waals surface area (Å²) < 4.78 is 5.51. The molecule has 0 spiro atoms. The van der Waals surface area contributed by atoms with Gasteiger partial charge >= 0.3 is 0 Å². The van der Waals surface area contributed by atoms with Crippen LogP contribution >= 0.6 is 0 Å². The number of hydrogen-bond donors (Lipinski definition) is 2. The van der Waals surface area contributed by atoms with Gasteiger partial charge in [-0.3, -0.25) is 4.79 Å². The summed E-state index contributed by atoms with van der Waals surface area (Å²) >= 11 is 0. The van der Waals surface area contributed by atoms with Crippen LogP contribution in [0.3, 0.4) is 0 Å². The van der Waals surface area contributed by atoms with Crippen LogP contribution < -0.4 is 5.32 Å². The largest absolute Gasteiger partial charge is 0.394 e. The van der Waals surface area contributed by atoms with Crippen molar-refractivity contribution in [3.8, 4) is 0 Å². The SMILES string of the molecule is CCC(C)(CO)NC(=O)c1ccc(COC(C)C)cc1. The number of nitrogens with one attached hydrogen (secondary N) is 1. The Labute approximate surface area is 121 Å². The fraction of sp³-hybridized carbons (Fsp3) is 0.562. The molecule has 0 heterocycles. The smallest absolute Gasteiger partial charge is 0.251 e. The summed E-state index contributed by atoms with van der Waals surface area (Å²) in [4.78, 5) is 12.1. The Hall–Kier alpha value is -1.39. The van der Waals surface area contributed by atoms with E-state index in [1.165, 1.54) is 0 Å². The summed E-state index contributed by atoms with van der Waals surface area (Å²) in [5, 5.41) is 12.2. The molecule has 0 aromatic heterocycles. The van der Waals surface area contributed by atoms with Gasteiger partial charge in [0, 0.05) is 5.56 Å². The summed E-state index contributed by atoms with van der Waals surface area (Å²) in [5.41, 5.74) is 1.05. The van der Waals surface area contributed by atoms with Gasteiger partial charge in [-0.25, -0.2) is 0 Å². The number of carbonyl (C=O) groups is 1. The van der Waals surface area contributed by atoms with Crippen LogP contribution in [0, 0.1) is 0 Å². The maximum atomic E-state index is 12.1. The van der Waals surface area contributed by atoms with E-state index in [9.17, 15) is 9.90 Å². The summed E-state index contributed by atoms with van der Waals surface area (Å²) in [7, 11) is 0. The molecule has 1 rings (SSSR count). The topological polar surface area (TPSA) is 58.6 Å². The van der Waals surface area contributed by atoms with Gasteiger partial charge in [-0.05, 0) is 44.9 Å². The first-order valence-electron chi connectivity index (χ1n) is 7.04. The first kappa shape index (κ1) is 16.7. The van der Waals surface area contributed by atoms with Crippen LogP contribution in [0.4, 0.5) is 0 Å².